The Morgan fingerprint density at radius 2 is 2.42 bits per heavy atom. The molecule has 2 aromatic heterocycles. The molecule has 132 valence electrons. The lowest BCUT2D eigenvalue weighted by Gasteiger charge is -2.36. The molecule has 3 rings (SSSR count). The van der Waals surface area contributed by atoms with Crippen LogP contribution in [0.25, 0.3) is 10.2 Å². The number of nitrogens with one attached hydrogen (secondary N) is 1. The SMILES string of the molecule is CS(=O)(=O)CCNC(c1cc2ncncc2s1)N1CCOC(Cl)C1. The van der Waals surface area contributed by atoms with Crippen LogP contribution < -0.4 is 5.32 Å². The van der Waals surface area contributed by atoms with Gasteiger partial charge in [0.25, 0.3) is 0 Å². The monoisotopic (exact) mass is 390 g/mol. The number of alkyl halides is 1. The highest BCUT2D eigenvalue weighted by Gasteiger charge is 2.27. The third kappa shape index (κ3) is 4.62. The predicted molar refractivity (Wildman–Crippen MR) is 95.0 cm³/mol. The van der Waals surface area contributed by atoms with Crippen molar-refractivity contribution in [3.05, 3.63) is 23.5 Å². The van der Waals surface area contributed by atoms with Gasteiger partial charge in [-0.3, -0.25) is 10.2 Å². The molecule has 24 heavy (non-hydrogen) atoms. The van der Waals surface area contributed by atoms with Crippen molar-refractivity contribution < 1.29 is 13.2 Å². The van der Waals surface area contributed by atoms with Crippen LogP contribution in [0.1, 0.15) is 11.0 Å². The maximum atomic E-state index is 11.4. The summed E-state index contributed by atoms with van der Waals surface area (Å²) < 4.78 is 29.2. The fraction of sp³-hybridized carbons (Fsp3) is 0.571. The van der Waals surface area contributed by atoms with Gasteiger partial charge in [0.2, 0.25) is 0 Å². The van der Waals surface area contributed by atoms with Gasteiger partial charge in [-0.1, -0.05) is 11.6 Å². The molecule has 0 aromatic carbocycles. The van der Waals surface area contributed by atoms with Crippen LogP contribution in [0, 0.1) is 0 Å². The van der Waals surface area contributed by atoms with Crippen LogP contribution in [-0.4, -0.2) is 67.1 Å². The molecule has 2 unspecified atom stereocenters. The van der Waals surface area contributed by atoms with E-state index in [9.17, 15) is 8.42 Å². The van der Waals surface area contributed by atoms with Gasteiger partial charge in [-0.2, -0.15) is 0 Å². The van der Waals surface area contributed by atoms with E-state index in [4.69, 9.17) is 16.3 Å². The Bertz CT molecular complexity index is 765. The molecule has 0 amide bonds. The molecule has 7 nitrogen and oxygen atoms in total. The zero-order valence-corrected chi connectivity index (χ0v) is 15.6. The second-order valence-electron chi connectivity index (χ2n) is 5.68. The quantitative estimate of drug-likeness (QED) is 0.742. The molecule has 10 heteroatoms. The first-order chi connectivity index (χ1) is 11.4. The summed E-state index contributed by atoms with van der Waals surface area (Å²) >= 11 is 7.72. The Balaban J connectivity index is 1.82. The summed E-state index contributed by atoms with van der Waals surface area (Å²) in [5.41, 5.74) is 0.516. The van der Waals surface area contributed by atoms with E-state index in [1.807, 2.05) is 6.07 Å². The number of ether oxygens (including phenoxy) is 1. The number of thiophene rings is 1. The van der Waals surface area contributed by atoms with E-state index >= 15 is 0 Å². The summed E-state index contributed by atoms with van der Waals surface area (Å²) in [6, 6.07) is 2.01. The topological polar surface area (TPSA) is 84.4 Å². The van der Waals surface area contributed by atoms with Crippen LogP contribution in [0.3, 0.4) is 0 Å². The molecule has 0 spiro atoms. The minimum Gasteiger partial charge on any atom is -0.360 e. The van der Waals surface area contributed by atoms with Gasteiger partial charge in [0.1, 0.15) is 21.7 Å². The second-order valence-corrected chi connectivity index (χ2v) is 9.55. The minimum absolute atomic E-state index is 0.0862. The van der Waals surface area contributed by atoms with Crippen molar-refractivity contribution in [1.82, 2.24) is 20.2 Å². The number of aromatic nitrogens is 2. The number of nitrogens with zero attached hydrogens (tertiary/aromatic N) is 3. The molecule has 0 aliphatic carbocycles. The molecule has 1 saturated heterocycles. The van der Waals surface area contributed by atoms with Crippen molar-refractivity contribution in [3.8, 4) is 0 Å². The van der Waals surface area contributed by atoms with Crippen LogP contribution in [0.4, 0.5) is 0 Å². The van der Waals surface area contributed by atoms with E-state index in [-0.39, 0.29) is 17.5 Å². The average molecular weight is 391 g/mol. The van der Waals surface area contributed by atoms with E-state index in [1.165, 1.54) is 12.6 Å². The van der Waals surface area contributed by atoms with E-state index in [2.05, 4.69) is 20.2 Å². The molecule has 2 atom stereocenters. The maximum absolute atomic E-state index is 11.4. The Labute approximate surface area is 149 Å². The first-order valence-corrected chi connectivity index (χ1v) is 10.8. The molecule has 3 heterocycles. The predicted octanol–water partition coefficient (Wildman–Crippen LogP) is 1.22. The van der Waals surface area contributed by atoms with Gasteiger partial charge in [-0.05, 0) is 6.07 Å². The van der Waals surface area contributed by atoms with Crippen LogP contribution in [-0.2, 0) is 14.6 Å². The summed E-state index contributed by atoms with van der Waals surface area (Å²) in [7, 11) is -3.02. The molecule has 1 aliphatic heterocycles. The van der Waals surface area contributed by atoms with Crippen molar-refractivity contribution >= 4 is 43.0 Å². The highest BCUT2D eigenvalue weighted by atomic mass is 35.5. The van der Waals surface area contributed by atoms with Crippen LogP contribution in [0.15, 0.2) is 18.6 Å². The number of hydrogen-bond acceptors (Lipinski definition) is 8. The molecule has 1 fully saturated rings. The summed E-state index contributed by atoms with van der Waals surface area (Å²) in [6.45, 7) is 2.20. The number of sulfone groups is 1. The third-order valence-corrected chi connectivity index (χ3v) is 6.04. The van der Waals surface area contributed by atoms with Gasteiger partial charge in [0.15, 0.2) is 0 Å². The lowest BCUT2D eigenvalue weighted by Crippen LogP contribution is -2.47. The smallest absolute Gasteiger partial charge is 0.148 e. The van der Waals surface area contributed by atoms with Crippen LogP contribution >= 0.6 is 22.9 Å². The minimum atomic E-state index is -3.02. The first kappa shape index (κ1) is 18.0. The van der Waals surface area contributed by atoms with E-state index in [1.54, 1.807) is 17.5 Å². The molecule has 0 bridgehead atoms. The largest absolute Gasteiger partial charge is 0.360 e. The summed E-state index contributed by atoms with van der Waals surface area (Å²) in [5.74, 6) is 0.0862. The molecular weight excluding hydrogens is 372 g/mol. The number of rotatable bonds is 6. The zero-order chi connectivity index (χ0) is 17.2. The van der Waals surface area contributed by atoms with Crippen molar-refractivity contribution in [2.75, 3.05) is 38.2 Å². The van der Waals surface area contributed by atoms with E-state index in [0.717, 1.165) is 21.6 Å². The zero-order valence-electron chi connectivity index (χ0n) is 13.2. The average Bonchev–Trinajstić information content (AvgIpc) is 2.94. The Morgan fingerprint density at radius 1 is 1.58 bits per heavy atom. The third-order valence-electron chi connectivity index (χ3n) is 3.71. The van der Waals surface area contributed by atoms with Crippen molar-refractivity contribution in [2.45, 2.75) is 11.7 Å². The fourth-order valence-corrected chi connectivity index (χ4v) is 4.44. The van der Waals surface area contributed by atoms with E-state index < -0.39 is 9.84 Å². The molecule has 0 saturated carbocycles. The lowest BCUT2D eigenvalue weighted by atomic mass is 10.3. The number of fused-ring (bicyclic) bond motifs is 1. The van der Waals surface area contributed by atoms with Crippen molar-refractivity contribution in [3.63, 3.8) is 0 Å². The van der Waals surface area contributed by atoms with Gasteiger partial charge in [-0.15, -0.1) is 11.3 Å². The summed E-state index contributed by atoms with van der Waals surface area (Å²) in [5, 5.41) is 3.34. The number of halogens is 1. The van der Waals surface area contributed by atoms with Gasteiger partial charge in [0.05, 0.1) is 28.7 Å². The maximum Gasteiger partial charge on any atom is 0.148 e. The Kier molecular flexibility index (Phi) is 5.68. The molecule has 2 aromatic rings. The summed E-state index contributed by atoms with van der Waals surface area (Å²) in [4.78, 5) is 11.5. The lowest BCUT2D eigenvalue weighted by molar-refractivity contribution is -0.0110. The van der Waals surface area contributed by atoms with Crippen LogP contribution in [0.5, 0.6) is 0 Å². The molecule has 0 radical (unpaired) electrons. The van der Waals surface area contributed by atoms with E-state index in [0.29, 0.717) is 19.7 Å². The van der Waals surface area contributed by atoms with Crippen molar-refractivity contribution in [1.29, 1.82) is 0 Å². The molecule has 1 N–H and O–H groups in total. The van der Waals surface area contributed by atoms with Gasteiger partial charge in [0, 0.05) is 37.0 Å². The number of hydrogen-bond donors (Lipinski definition) is 1. The standard InChI is InChI=1S/C14H19ClN4O3S2/c1-24(20,21)5-2-17-14(19-3-4-22-13(15)8-19)11-6-10-12(23-11)7-16-9-18-10/h6-7,9,13-14,17H,2-5,8H2,1H3. The fourth-order valence-electron chi connectivity index (χ4n) is 2.59. The Hall–Kier alpha value is -0.840. The number of morpholine rings is 1. The van der Waals surface area contributed by atoms with Gasteiger partial charge in [-0.25, -0.2) is 18.4 Å². The van der Waals surface area contributed by atoms with Crippen LogP contribution in [0.2, 0.25) is 0 Å². The second kappa shape index (κ2) is 7.59. The Morgan fingerprint density at radius 3 is 3.12 bits per heavy atom. The summed E-state index contributed by atoms with van der Waals surface area (Å²) in [6.07, 6.45) is 4.42. The highest BCUT2D eigenvalue weighted by Crippen LogP contribution is 2.31. The molecule has 1 aliphatic rings. The molecular formula is C14H19ClN4O3S2. The highest BCUT2D eigenvalue weighted by molar-refractivity contribution is 7.90. The van der Waals surface area contributed by atoms with Gasteiger partial charge < -0.3 is 4.74 Å². The van der Waals surface area contributed by atoms with Gasteiger partial charge >= 0.3 is 0 Å². The van der Waals surface area contributed by atoms with Crippen molar-refractivity contribution in [2.24, 2.45) is 0 Å². The normalized spacial score (nSPS) is 21.2. The first-order valence-electron chi connectivity index (χ1n) is 7.53.